The van der Waals surface area contributed by atoms with Crippen LogP contribution in [0.4, 0.5) is 0 Å². The second-order valence-electron chi connectivity index (χ2n) is 2.97. The van der Waals surface area contributed by atoms with E-state index in [1.54, 1.807) is 0 Å². The molecule has 3 nitrogen and oxygen atoms in total. The highest BCUT2D eigenvalue weighted by Crippen LogP contribution is 1.93. The van der Waals surface area contributed by atoms with Crippen molar-refractivity contribution in [3.05, 3.63) is 12.7 Å². The molecule has 13 heavy (non-hydrogen) atoms. The Labute approximate surface area is 80.4 Å². The zero-order chi connectivity index (χ0) is 10.1. The SMILES string of the molecule is C=CC(=O)OCCCCN(C)CC. The van der Waals surface area contributed by atoms with Crippen molar-refractivity contribution in [1.29, 1.82) is 0 Å². The molecule has 0 spiro atoms. The van der Waals surface area contributed by atoms with Crippen molar-refractivity contribution < 1.29 is 9.53 Å². The maximum Gasteiger partial charge on any atom is 0.330 e. The monoisotopic (exact) mass is 185 g/mol. The van der Waals surface area contributed by atoms with Crippen LogP contribution in [0.1, 0.15) is 19.8 Å². The number of esters is 1. The van der Waals surface area contributed by atoms with Crippen LogP contribution in [-0.2, 0) is 9.53 Å². The maximum absolute atomic E-state index is 10.6. The molecule has 0 amide bonds. The summed E-state index contributed by atoms with van der Waals surface area (Å²) < 4.78 is 4.83. The molecule has 0 aliphatic carbocycles. The van der Waals surface area contributed by atoms with Crippen molar-refractivity contribution in [1.82, 2.24) is 4.90 Å². The Morgan fingerprint density at radius 3 is 2.77 bits per heavy atom. The molecule has 0 N–H and O–H groups in total. The third-order valence-electron chi connectivity index (χ3n) is 1.88. The lowest BCUT2D eigenvalue weighted by Gasteiger charge is -2.12. The Bertz CT molecular complexity index is 157. The van der Waals surface area contributed by atoms with E-state index in [-0.39, 0.29) is 5.97 Å². The minimum absolute atomic E-state index is 0.330. The largest absolute Gasteiger partial charge is 0.463 e. The normalized spacial score (nSPS) is 10.1. The van der Waals surface area contributed by atoms with Gasteiger partial charge in [0.15, 0.2) is 0 Å². The van der Waals surface area contributed by atoms with Gasteiger partial charge in [0.1, 0.15) is 0 Å². The van der Waals surface area contributed by atoms with Gasteiger partial charge in [-0.3, -0.25) is 0 Å². The van der Waals surface area contributed by atoms with E-state index < -0.39 is 0 Å². The molecule has 0 saturated carbocycles. The smallest absolute Gasteiger partial charge is 0.330 e. The molecular weight excluding hydrogens is 166 g/mol. The highest BCUT2D eigenvalue weighted by molar-refractivity contribution is 5.81. The fourth-order valence-corrected chi connectivity index (χ4v) is 0.874. The van der Waals surface area contributed by atoms with Gasteiger partial charge in [0.25, 0.3) is 0 Å². The van der Waals surface area contributed by atoms with Crippen LogP contribution in [0, 0.1) is 0 Å². The molecule has 3 heteroatoms. The van der Waals surface area contributed by atoms with Crippen molar-refractivity contribution in [2.45, 2.75) is 19.8 Å². The first-order valence-corrected chi connectivity index (χ1v) is 4.68. The van der Waals surface area contributed by atoms with Crippen LogP contribution in [0.3, 0.4) is 0 Å². The molecule has 0 radical (unpaired) electrons. The average molecular weight is 185 g/mol. The number of carbonyl (C=O) groups excluding carboxylic acids is 1. The lowest BCUT2D eigenvalue weighted by Crippen LogP contribution is -2.19. The Kier molecular flexibility index (Phi) is 7.30. The number of hydrogen-bond donors (Lipinski definition) is 0. The van der Waals surface area contributed by atoms with E-state index in [0.29, 0.717) is 6.61 Å². The van der Waals surface area contributed by atoms with Crippen molar-refractivity contribution >= 4 is 5.97 Å². The zero-order valence-corrected chi connectivity index (χ0v) is 8.58. The summed E-state index contributed by atoms with van der Waals surface area (Å²) in [6, 6.07) is 0. The standard InChI is InChI=1S/C10H19NO2/c1-4-10(12)13-9-7-6-8-11(3)5-2/h4H,1,5-9H2,2-3H3. The molecule has 0 saturated heterocycles. The number of hydrogen-bond acceptors (Lipinski definition) is 3. The summed E-state index contributed by atoms with van der Waals surface area (Å²) in [5.74, 6) is -0.330. The van der Waals surface area contributed by atoms with E-state index >= 15 is 0 Å². The molecule has 0 heterocycles. The van der Waals surface area contributed by atoms with Gasteiger partial charge in [-0.2, -0.15) is 0 Å². The Balaban J connectivity index is 3.17. The molecule has 0 unspecified atom stereocenters. The van der Waals surface area contributed by atoms with E-state index in [1.165, 1.54) is 6.08 Å². The fourth-order valence-electron chi connectivity index (χ4n) is 0.874. The molecule has 0 aliphatic heterocycles. The molecule has 0 fully saturated rings. The third kappa shape index (κ3) is 7.53. The number of ether oxygens (including phenoxy) is 1. The van der Waals surface area contributed by atoms with Gasteiger partial charge in [-0.1, -0.05) is 13.5 Å². The van der Waals surface area contributed by atoms with Crippen LogP contribution in [-0.4, -0.2) is 37.6 Å². The van der Waals surface area contributed by atoms with Gasteiger partial charge >= 0.3 is 5.97 Å². The number of unbranched alkanes of at least 4 members (excludes halogenated alkanes) is 1. The first-order chi connectivity index (χ1) is 6.20. The quantitative estimate of drug-likeness (QED) is 0.341. The molecule has 0 aliphatic rings. The molecule has 0 atom stereocenters. The van der Waals surface area contributed by atoms with Gasteiger partial charge in [0.05, 0.1) is 6.61 Å². The van der Waals surface area contributed by atoms with Crippen LogP contribution in [0.25, 0.3) is 0 Å². The topological polar surface area (TPSA) is 29.5 Å². The molecule has 0 aromatic rings. The Hall–Kier alpha value is -0.830. The summed E-state index contributed by atoms with van der Waals surface area (Å²) in [7, 11) is 2.08. The highest BCUT2D eigenvalue weighted by atomic mass is 16.5. The van der Waals surface area contributed by atoms with E-state index in [1.807, 2.05) is 0 Å². The van der Waals surface area contributed by atoms with Crippen LogP contribution in [0.2, 0.25) is 0 Å². The van der Waals surface area contributed by atoms with E-state index in [2.05, 4.69) is 25.5 Å². The second kappa shape index (κ2) is 7.80. The summed E-state index contributed by atoms with van der Waals surface area (Å²) in [6.45, 7) is 8.06. The van der Waals surface area contributed by atoms with Crippen LogP contribution >= 0.6 is 0 Å². The summed E-state index contributed by atoms with van der Waals surface area (Å²) in [4.78, 5) is 12.8. The van der Waals surface area contributed by atoms with Gasteiger partial charge in [-0.05, 0) is 33.0 Å². The minimum Gasteiger partial charge on any atom is -0.463 e. The fraction of sp³-hybridized carbons (Fsp3) is 0.700. The summed E-state index contributed by atoms with van der Waals surface area (Å²) >= 11 is 0. The van der Waals surface area contributed by atoms with Crippen molar-refractivity contribution in [2.24, 2.45) is 0 Å². The molecule has 0 aromatic carbocycles. The lowest BCUT2D eigenvalue weighted by atomic mass is 10.3. The van der Waals surface area contributed by atoms with Crippen LogP contribution in [0.15, 0.2) is 12.7 Å². The zero-order valence-electron chi connectivity index (χ0n) is 8.58. The van der Waals surface area contributed by atoms with Gasteiger partial charge in [-0.15, -0.1) is 0 Å². The molecule has 0 aromatic heterocycles. The highest BCUT2D eigenvalue weighted by Gasteiger charge is 1.96. The predicted molar refractivity (Wildman–Crippen MR) is 53.6 cm³/mol. The summed E-state index contributed by atoms with van der Waals surface area (Å²) in [5, 5.41) is 0. The van der Waals surface area contributed by atoms with Crippen molar-refractivity contribution in [2.75, 3.05) is 26.7 Å². The number of rotatable bonds is 7. The van der Waals surface area contributed by atoms with Crippen LogP contribution < -0.4 is 0 Å². The Morgan fingerprint density at radius 1 is 1.54 bits per heavy atom. The number of carbonyl (C=O) groups is 1. The molecule has 0 bridgehead atoms. The summed E-state index contributed by atoms with van der Waals surface area (Å²) in [6.07, 6.45) is 3.18. The van der Waals surface area contributed by atoms with Gasteiger partial charge in [0, 0.05) is 6.08 Å². The van der Waals surface area contributed by atoms with Crippen LogP contribution in [0.5, 0.6) is 0 Å². The van der Waals surface area contributed by atoms with Gasteiger partial charge in [-0.25, -0.2) is 4.79 Å². The van der Waals surface area contributed by atoms with Gasteiger partial charge in [0.2, 0.25) is 0 Å². The van der Waals surface area contributed by atoms with E-state index in [0.717, 1.165) is 25.9 Å². The van der Waals surface area contributed by atoms with Gasteiger partial charge < -0.3 is 9.64 Å². The van der Waals surface area contributed by atoms with Crippen molar-refractivity contribution in [3.63, 3.8) is 0 Å². The summed E-state index contributed by atoms with van der Waals surface area (Å²) in [5.41, 5.74) is 0. The maximum atomic E-state index is 10.6. The minimum atomic E-state index is -0.330. The number of nitrogens with zero attached hydrogens (tertiary/aromatic N) is 1. The van der Waals surface area contributed by atoms with E-state index in [9.17, 15) is 4.79 Å². The molecular formula is C10H19NO2. The average Bonchev–Trinajstić information content (AvgIpc) is 2.16. The lowest BCUT2D eigenvalue weighted by molar-refractivity contribution is -0.137. The van der Waals surface area contributed by atoms with E-state index in [4.69, 9.17) is 4.74 Å². The van der Waals surface area contributed by atoms with Crippen molar-refractivity contribution in [3.8, 4) is 0 Å². The predicted octanol–water partition coefficient (Wildman–Crippen LogP) is 1.45. The third-order valence-corrected chi connectivity index (χ3v) is 1.88. The first kappa shape index (κ1) is 12.2. The first-order valence-electron chi connectivity index (χ1n) is 4.68. The molecule has 76 valence electrons. The molecule has 0 rings (SSSR count). The Morgan fingerprint density at radius 2 is 2.23 bits per heavy atom. The second-order valence-corrected chi connectivity index (χ2v) is 2.97.